The molecule has 154 valence electrons. The SMILES string of the molecule is O=C(COC(=O)CCc1ccco1)Nc1ccccc1C(=O)NCc1ccccc1. The van der Waals surface area contributed by atoms with Crippen LogP contribution in [-0.4, -0.2) is 24.4 Å². The summed E-state index contributed by atoms with van der Waals surface area (Å²) in [7, 11) is 0. The van der Waals surface area contributed by atoms with Crippen LogP contribution in [0.3, 0.4) is 0 Å². The fraction of sp³-hybridized carbons (Fsp3) is 0.174. The van der Waals surface area contributed by atoms with Gasteiger partial charge in [0.05, 0.1) is 23.9 Å². The molecule has 0 saturated carbocycles. The van der Waals surface area contributed by atoms with Gasteiger partial charge < -0.3 is 19.8 Å². The summed E-state index contributed by atoms with van der Waals surface area (Å²) in [4.78, 5) is 36.5. The van der Waals surface area contributed by atoms with Gasteiger partial charge in [0.1, 0.15) is 5.76 Å². The maximum Gasteiger partial charge on any atom is 0.306 e. The number of anilines is 1. The van der Waals surface area contributed by atoms with Gasteiger partial charge in [0, 0.05) is 13.0 Å². The fourth-order valence-corrected chi connectivity index (χ4v) is 2.75. The number of carbonyl (C=O) groups is 3. The predicted octanol–water partition coefficient (Wildman–Crippen LogP) is 3.32. The maximum atomic E-state index is 12.5. The summed E-state index contributed by atoms with van der Waals surface area (Å²) in [6.07, 6.45) is 2.04. The van der Waals surface area contributed by atoms with E-state index in [2.05, 4.69) is 10.6 Å². The Morgan fingerprint density at radius 3 is 2.43 bits per heavy atom. The summed E-state index contributed by atoms with van der Waals surface area (Å²) in [5.74, 6) is -0.669. The van der Waals surface area contributed by atoms with E-state index in [1.54, 1.807) is 36.4 Å². The molecule has 0 atom stereocenters. The van der Waals surface area contributed by atoms with Crippen LogP contribution in [0.5, 0.6) is 0 Å². The van der Waals surface area contributed by atoms with Gasteiger partial charge in [-0.3, -0.25) is 14.4 Å². The van der Waals surface area contributed by atoms with Gasteiger partial charge in [-0.15, -0.1) is 0 Å². The standard InChI is InChI=1S/C23H22N2O5/c26-21(16-30-22(27)13-12-18-9-6-14-29-18)25-20-11-5-4-10-19(20)23(28)24-15-17-7-2-1-3-8-17/h1-11,14H,12-13,15-16H2,(H,24,28)(H,25,26). The number of para-hydroxylation sites is 1. The first-order valence-corrected chi connectivity index (χ1v) is 9.51. The van der Waals surface area contributed by atoms with Gasteiger partial charge in [0.15, 0.2) is 6.61 Å². The summed E-state index contributed by atoms with van der Waals surface area (Å²) in [5, 5.41) is 5.44. The number of nitrogens with one attached hydrogen (secondary N) is 2. The Balaban J connectivity index is 1.49. The Morgan fingerprint density at radius 2 is 1.67 bits per heavy atom. The van der Waals surface area contributed by atoms with Crippen LogP contribution in [0.2, 0.25) is 0 Å². The van der Waals surface area contributed by atoms with Crippen LogP contribution >= 0.6 is 0 Å². The van der Waals surface area contributed by atoms with Crippen molar-refractivity contribution < 1.29 is 23.5 Å². The Morgan fingerprint density at radius 1 is 0.900 bits per heavy atom. The minimum Gasteiger partial charge on any atom is -0.469 e. The van der Waals surface area contributed by atoms with Gasteiger partial charge >= 0.3 is 5.97 Å². The molecule has 0 aliphatic carbocycles. The van der Waals surface area contributed by atoms with Crippen molar-refractivity contribution in [2.45, 2.75) is 19.4 Å². The van der Waals surface area contributed by atoms with Gasteiger partial charge in [0.2, 0.25) is 0 Å². The van der Waals surface area contributed by atoms with Crippen molar-refractivity contribution in [3.8, 4) is 0 Å². The van der Waals surface area contributed by atoms with Gasteiger partial charge in [-0.1, -0.05) is 42.5 Å². The average molecular weight is 406 g/mol. The number of aryl methyl sites for hydroxylation is 1. The molecule has 0 radical (unpaired) electrons. The first-order valence-electron chi connectivity index (χ1n) is 9.51. The van der Waals surface area contributed by atoms with Crippen molar-refractivity contribution in [2.24, 2.45) is 0 Å². The van der Waals surface area contributed by atoms with Crippen molar-refractivity contribution >= 4 is 23.5 Å². The molecule has 3 rings (SSSR count). The van der Waals surface area contributed by atoms with Crippen molar-refractivity contribution in [1.29, 1.82) is 0 Å². The van der Waals surface area contributed by atoms with E-state index in [1.165, 1.54) is 6.26 Å². The number of hydrogen-bond donors (Lipinski definition) is 2. The van der Waals surface area contributed by atoms with Gasteiger partial charge in [-0.2, -0.15) is 0 Å². The van der Waals surface area contributed by atoms with Crippen LogP contribution in [0, 0.1) is 0 Å². The van der Waals surface area contributed by atoms with E-state index in [0.29, 0.717) is 30.0 Å². The number of rotatable bonds is 9. The topological polar surface area (TPSA) is 97.6 Å². The van der Waals surface area contributed by atoms with E-state index in [4.69, 9.17) is 9.15 Å². The number of ether oxygens (including phenoxy) is 1. The van der Waals surface area contributed by atoms with Crippen LogP contribution in [0.4, 0.5) is 5.69 Å². The normalized spacial score (nSPS) is 10.3. The molecule has 30 heavy (non-hydrogen) atoms. The molecule has 0 aliphatic rings. The summed E-state index contributed by atoms with van der Waals surface area (Å²) < 4.78 is 10.1. The molecule has 0 unspecified atom stereocenters. The number of amides is 2. The second-order valence-corrected chi connectivity index (χ2v) is 6.50. The lowest BCUT2D eigenvalue weighted by Crippen LogP contribution is -2.26. The lowest BCUT2D eigenvalue weighted by molar-refractivity contribution is -0.147. The second-order valence-electron chi connectivity index (χ2n) is 6.50. The van der Waals surface area contributed by atoms with E-state index in [-0.39, 0.29) is 12.3 Å². The molecule has 2 amide bonds. The number of carbonyl (C=O) groups excluding carboxylic acids is 3. The minimum atomic E-state index is -0.523. The minimum absolute atomic E-state index is 0.110. The Kier molecular flexibility index (Phi) is 7.38. The zero-order valence-corrected chi connectivity index (χ0v) is 16.3. The third-order valence-electron chi connectivity index (χ3n) is 4.26. The van der Waals surface area contributed by atoms with Crippen LogP contribution < -0.4 is 10.6 Å². The molecular formula is C23H22N2O5. The Bertz CT molecular complexity index is 984. The molecular weight excluding hydrogens is 384 g/mol. The lowest BCUT2D eigenvalue weighted by atomic mass is 10.1. The monoisotopic (exact) mass is 406 g/mol. The van der Waals surface area contributed by atoms with Crippen LogP contribution in [0.15, 0.2) is 77.4 Å². The van der Waals surface area contributed by atoms with E-state index in [0.717, 1.165) is 5.56 Å². The third kappa shape index (κ3) is 6.34. The first-order chi connectivity index (χ1) is 14.6. The van der Waals surface area contributed by atoms with Crippen LogP contribution in [0.1, 0.15) is 28.1 Å². The quantitative estimate of drug-likeness (QED) is 0.531. The number of hydrogen-bond acceptors (Lipinski definition) is 5. The van der Waals surface area contributed by atoms with E-state index < -0.39 is 18.5 Å². The number of furan rings is 1. The molecule has 0 bridgehead atoms. The molecule has 0 saturated heterocycles. The zero-order chi connectivity index (χ0) is 21.2. The second kappa shape index (κ2) is 10.6. The van der Waals surface area contributed by atoms with Crippen LogP contribution in [-0.2, 0) is 27.3 Å². The smallest absolute Gasteiger partial charge is 0.306 e. The van der Waals surface area contributed by atoms with Gasteiger partial charge in [0.25, 0.3) is 11.8 Å². The molecule has 0 fully saturated rings. The van der Waals surface area contributed by atoms with Crippen molar-refractivity contribution in [2.75, 3.05) is 11.9 Å². The molecule has 2 aromatic carbocycles. The molecule has 2 N–H and O–H groups in total. The van der Waals surface area contributed by atoms with E-state index in [1.807, 2.05) is 30.3 Å². The average Bonchev–Trinajstić information content (AvgIpc) is 3.29. The van der Waals surface area contributed by atoms with Crippen LogP contribution in [0.25, 0.3) is 0 Å². The molecule has 0 spiro atoms. The number of benzene rings is 2. The van der Waals surface area contributed by atoms with E-state index >= 15 is 0 Å². The molecule has 0 aliphatic heterocycles. The highest BCUT2D eigenvalue weighted by Crippen LogP contribution is 2.15. The molecule has 1 heterocycles. The van der Waals surface area contributed by atoms with Crippen molar-refractivity contribution in [1.82, 2.24) is 5.32 Å². The highest BCUT2D eigenvalue weighted by Gasteiger charge is 2.14. The Hall–Kier alpha value is -3.87. The molecule has 3 aromatic rings. The molecule has 7 nitrogen and oxygen atoms in total. The largest absolute Gasteiger partial charge is 0.469 e. The predicted molar refractivity (Wildman–Crippen MR) is 111 cm³/mol. The summed E-state index contributed by atoms with van der Waals surface area (Å²) in [6.45, 7) is -0.0633. The Labute approximate surface area is 174 Å². The summed E-state index contributed by atoms with van der Waals surface area (Å²) >= 11 is 0. The third-order valence-corrected chi connectivity index (χ3v) is 4.26. The maximum absolute atomic E-state index is 12.5. The summed E-state index contributed by atoms with van der Waals surface area (Å²) in [5.41, 5.74) is 1.64. The summed E-state index contributed by atoms with van der Waals surface area (Å²) in [6, 6.07) is 19.7. The van der Waals surface area contributed by atoms with Gasteiger partial charge in [-0.25, -0.2) is 0 Å². The highest BCUT2D eigenvalue weighted by molar-refractivity contribution is 6.04. The zero-order valence-electron chi connectivity index (χ0n) is 16.3. The van der Waals surface area contributed by atoms with Crippen molar-refractivity contribution in [3.63, 3.8) is 0 Å². The first kappa shape index (κ1) is 20.9. The molecule has 7 heteroatoms. The van der Waals surface area contributed by atoms with Crippen molar-refractivity contribution in [3.05, 3.63) is 89.9 Å². The van der Waals surface area contributed by atoms with Gasteiger partial charge in [-0.05, 0) is 29.8 Å². The lowest BCUT2D eigenvalue weighted by Gasteiger charge is -2.12. The molecule has 1 aromatic heterocycles. The van der Waals surface area contributed by atoms with E-state index in [9.17, 15) is 14.4 Å². The number of esters is 1. The highest BCUT2D eigenvalue weighted by atomic mass is 16.5. The fourth-order valence-electron chi connectivity index (χ4n) is 2.75.